The molecule has 0 aliphatic rings. The van der Waals surface area contributed by atoms with Crippen LogP contribution < -0.4 is 11.1 Å². The van der Waals surface area contributed by atoms with Crippen molar-refractivity contribution in [1.29, 1.82) is 0 Å². The van der Waals surface area contributed by atoms with Gasteiger partial charge in [0, 0.05) is 59.0 Å². The zero-order valence-electron chi connectivity index (χ0n) is 19.9. The fourth-order valence-electron chi connectivity index (χ4n) is 3.98. The number of halogens is 3. The molecular weight excluding hydrogens is 495 g/mol. The van der Waals surface area contributed by atoms with E-state index in [2.05, 4.69) is 25.3 Å². The first-order chi connectivity index (χ1) is 18.2. The van der Waals surface area contributed by atoms with Gasteiger partial charge in [0.1, 0.15) is 5.82 Å². The minimum atomic E-state index is -4.62. The molecule has 0 fully saturated rings. The van der Waals surface area contributed by atoms with Crippen molar-refractivity contribution >= 4 is 17.5 Å². The number of aromatic nitrogens is 5. The maximum atomic E-state index is 13.9. The van der Waals surface area contributed by atoms with Gasteiger partial charge in [-0.05, 0) is 67.1 Å². The van der Waals surface area contributed by atoms with Crippen molar-refractivity contribution in [2.24, 2.45) is 5.73 Å². The molecule has 0 aliphatic heterocycles. The van der Waals surface area contributed by atoms with Crippen molar-refractivity contribution in [2.45, 2.75) is 13.1 Å². The first-order valence-corrected chi connectivity index (χ1v) is 11.4. The molecule has 0 saturated heterocycles. The molecule has 3 aromatic heterocycles. The third-order valence-electron chi connectivity index (χ3n) is 5.82. The Labute approximate surface area is 215 Å². The number of nitrogens with two attached hydrogens (primary N) is 1. The molecule has 0 bridgehead atoms. The number of alkyl halides is 3. The molecule has 38 heavy (non-hydrogen) atoms. The maximum Gasteiger partial charge on any atom is 0.416 e. The van der Waals surface area contributed by atoms with E-state index in [1.807, 2.05) is 6.07 Å². The third kappa shape index (κ3) is 5.07. The number of anilines is 2. The standard InChI is InChI=1S/C27H20F3N7O/c1-16-33-9-10-37(16)21-12-19(11-20(14-21)27(28,29)30)22-13-17(25(31)38)4-5-24(22)36-26-34-8-6-23(35-26)18-3-2-7-32-15-18/h2-15H,1H3,(H2,31,38)(H,34,35,36). The predicted octanol–water partition coefficient (Wildman–Crippen LogP) is 5.56. The Bertz CT molecular complexity index is 1630. The molecule has 11 heteroatoms. The van der Waals surface area contributed by atoms with Crippen molar-refractivity contribution in [3.8, 4) is 28.1 Å². The van der Waals surface area contributed by atoms with E-state index in [9.17, 15) is 18.0 Å². The molecule has 0 radical (unpaired) electrons. The molecule has 5 aromatic rings. The van der Waals surface area contributed by atoms with Crippen LogP contribution >= 0.6 is 0 Å². The molecule has 0 saturated carbocycles. The van der Waals surface area contributed by atoms with Crippen molar-refractivity contribution < 1.29 is 18.0 Å². The minimum absolute atomic E-state index is 0.133. The van der Waals surface area contributed by atoms with Gasteiger partial charge in [0.2, 0.25) is 11.9 Å². The summed E-state index contributed by atoms with van der Waals surface area (Å²) in [7, 11) is 0. The third-order valence-corrected chi connectivity index (χ3v) is 5.82. The molecule has 0 spiro atoms. The number of nitrogens with zero attached hydrogens (tertiary/aromatic N) is 5. The average Bonchev–Trinajstić information content (AvgIpc) is 3.34. The lowest BCUT2D eigenvalue weighted by atomic mass is 9.97. The summed E-state index contributed by atoms with van der Waals surface area (Å²) in [5, 5.41) is 3.08. The number of carbonyl (C=O) groups excluding carboxylic acids is 1. The SMILES string of the molecule is Cc1nccn1-c1cc(-c2cc(C(N)=O)ccc2Nc2nccc(-c3cccnc3)n2)cc(C(F)(F)F)c1. The fourth-order valence-corrected chi connectivity index (χ4v) is 3.98. The Kier molecular flexibility index (Phi) is 6.33. The van der Waals surface area contributed by atoms with E-state index in [0.717, 1.165) is 17.7 Å². The second kappa shape index (κ2) is 9.77. The van der Waals surface area contributed by atoms with Crippen molar-refractivity contribution in [1.82, 2.24) is 24.5 Å². The molecule has 5 rings (SSSR count). The number of aryl methyl sites for hydroxylation is 1. The van der Waals surface area contributed by atoms with E-state index < -0.39 is 17.6 Å². The van der Waals surface area contributed by atoms with E-state index in [-0.39, 0.29) is 22.8 Å². The highest BCUT2D eigenvalue weighted by molar-refractivity contribution is 5.96. The molecular formula is C27H20F3N7O. The molecule has 190 valence electrons. The molecule has 2 aromatic carbocycles. The number of hydrogen-bond donors (Lipinski definition) is 2. The van der Waals surface area contributed by atoms with Crippen molar-refractivity contribution in [3.05, 3.63) is 103 Å². The van der Waals surface area contributed by atoms with Gasteiger partial charge in [-0.25, -0.2) is 15.0 Å². The number of amides is 1. The highest BCUT2D eigenvalue weighted by Crippen LogP contribution is 2.38. The molecule has 8 nitrogen and oxygen atoms in total. The summed E-state index contributed by atoms with van der Waals surface area (Å²) < 4.78 is 43.3. The number of imidazole rings is 1. The molecule has 0 atom stereocenters. The van der Waals surface area contributed by atoms with Gasteiger partial charge in [-0.3, -0.25) is 9.78 Å². The largest absolute Gasteiger partial charge is 0.416 e. The summed E-state index contributed by atoms with van der Waals surface area (Å²) in [6.45, 7) is 1.69. The van der Waals surface area contributed by atoms with Gasteiger partial charge in [-0.15, -0.1) is 0 Å². The van der Waals surface area contributed by atoms with Gasteiger partial charge in [0.25, 0.3) is 0 Å². The molecule has 0 unspecified atom stereocenters. The fraction of sp³-hybridized carbons (Fsp3) is 0.0741. The topological polar surface area (TPSA) is 112 Å². The zero-order valence-corrected chi connectivity index (χ0v) is 19.9. The molecule has 3 N–H and O–H groups in total. The Morgan fingerprint density at radius 2 is 1.82 bits per heavy atom. The van der Waals surface area contributed by atoms with Crippen LogP contribution in [0.25, 0.3) is 28.1 Å². The van der Waals surface area contributed by atoms with E-state index in [1.54, 1.807) is 60.5 Å². The minimum Gasteiger partial charge on any atom is -0.366 e. The second-order valence-electron chi connectivity index (χ2n) is 8.37. The maximum absolute atomic E-state index is 13.9. The van der Waals surface area contributed by atoms with Crippen molar-refractivity contribution in [3.63, 3.8) is 0 Å². The average molecular weight is 515 g/mol. The summed E-state index contributed by atoms with van der Waals surface area (Å²) >= 11 is 0. The van der Waals surface area contributed by atoms with Crippen LogP contribution in [0.2, 0.25) is 0 Å². The summed E-state index contributed by atoms with van der Waals surface area (Å²) in [6.07, 6.45) is 3.31. The van der Waals surface area contributed by atoms with Gasteiger partial charge in [0.05, 0.1) is 11.3 Å². The lowest BCUT2D eigenvalue weighted by molar-refractivity contribution is -0.137. The summed E-state index contributed by atoms with van der Waals surface area (Å²) in [4.78, 5) is 28.9. The molecule has 1 amide bonds. The van der Waals surface area contributed by atoms with Crippen LogP contribution in [0.4, 0.5) is 24.8 Å². The first-order valence-electron chi connectivity index (χ1n) is 11.4. The molecule has 3 heterocycles. The number of hydrogen-bond acceptors (Lipinski definition) is 6. The second-order valence-corrected chi connectivity index (χ2v) is 8.37. The number of carbonyl (C=O) groups is 1. The lowest BCUT2D eigenvalue weighted by Crippen LogP contribution is -2.12. The first kappa shape index (κ1) is 24.6. The summed E-state index contributed by atoms with van der Waals surface area (Å²) in [5.74, 6) is 0.00230. The van der Waals surface area contributed by atoms with Crippen LogP contribution in [-0.4, -0.2) is 30.4 Å². The van der Waals surface area contributed by atoms with E-state index in [1.165, 1.54) is 18.3 Å². The van der Waals surface area contributed by atoms with Gasteiger partial charge in [-0.1, -0.05) is 0 Å². The Morgan fingerprint density at radius 1 is 0.974 bits per heavy atom. The van der Waals surface area contributed by atoms with E-state index in [0.29, 0.717) is 22.8 Å². The van der Waals surface area contributed by atoms with Gasteiger partial charge in [-0.2, -0.15) is 13.2 Å². The number of pyridine rings is 1. The number of benzene rings is 2. The van der Waals surface area contributed by atoms with Crippen LogP contribution in [-0.2, 0) is 6.18 Å². The Morgan fingerprint density at radius 3 is 2.50 bits per heavy atom. The van der Waals surface area contributed by atoms with E-state index >= 15 is 0 Å². The summed E-state index contributed by atoms with van der Waals surface area (Å²) in [6, 6.07) is 13.5. The van der Waals surface area contributed by atoms with Crippen LogP contribution in [0.1, 0.15) is 21.7 Å². The predicted molar refractivity (Wildman–Crippen MR) is 136 cm³/mol. The van der Waals surface area contributed by atoms with Crippen LogP contribution in [0, 0.1) is 6.92 Å². The quantitative estimate of drug-likeness (QED) is 0.306. The zero-order chi connectivity index (χ0) is 26.9. The van der Waals surface area contributed by atoms with E-state index in [4.69, 9.17) is 5.73 Å². The van der Waals surface area contributed by atoms with Crippen LogP contribution in [0.3, 0.4) is 0 Å². The number of primary amides is 1. The summed E-state index contributed by atoms with van der Waals surface area (Å²) in [5.41, 5.74) is 7.28. The monoisotopic (exact) mass is 515 g/mol. The normalized spacial score (nSPS) is 11.4. The number of rotatable bonds is 6. The molecule has 0 aliphatic carbocycles. The lowest BCUT2D eigenvalue weighted by Gasteiger charge is -2.17. The smallest absolute Gasteiger partial charge is 0.366 e. The highest BCUT2D eigenvalue weighted by atomic mass is 19.4. The number of nitrogens with one attached hydrogen (secondary N) is 1. The Hall–Kier alpha value is -5.06. The highest BCUT2D eigenvalue weighted by Gasteiger charge is 2.32. The van der Waals surface area contributed by atoms with Gasteiger partial charge >= 0.3 is 6.18 Å². The Balaban J connectivity index is 1.65. The van der Waals surface area contributed by atoms with Gasteiger partial charge < -0.3 is 15.6 Å². The van der Waals surface area contributed by atoms with Crippen LogP contribution in [0.15, 0.2) is 85.6 Å². The van der Waals surface area contributed by atoms with Crippen molar-refractivity contribution in [2.75, 3.05) is 5.32 Å². The van der Waals surface area contributed by atoms with Crippen LogP contribution in [0.5, 0.6) is 0 Å². The van der Waals surface area contributed by atoms with Gasteiger partial charge in [0.15, 0.2) is 0 Å².